The normalized spacial score (nSPS) is 13.5. The summed E-state index contributed by atoms with van der Waals surface area (Å²) in [5.41, 5.74) is 5.69. The SMILES string of the molecule is CN(CCc1ccccc1)C(=O)C1=C(c2ccc(CCCOc3ccccc3Cl)cc2)CCNC1. The second kappa shape index (κ2) is 12.6. The molecule has 4 rings (SSSR count). The molecule has 0 aromatic heterocycles. The Morgan fingerprint density at radius 3 is 2.43 bits per heavy atom. The Morgan fingerprint density at radius 2 is 1.66 bits per heavy atom. The summed E-state index contributed by atoms with van der Waals surface area (Å²) in [5, 5.41) is 4.02. The van der Waals surface area contributed by atoms with E-state index in [-0.39, 0.29) is 5.91 Å². The minimum Gasteiger partial charge on any atom is -0.492 e. The first-order valence-electron chi connectivity index (χ1n) is 12.3. The van der Waals surface area contributed by atoms with Gasteiger partial charge in [-0.1, -0.05) is 78.3 Å². The van der Waals surface area contributed by atoms with Crippen molar-refractivity contribution in [2.75, 3.05) is 33.3 Å². The van der Waals surface area contributed by atoms with Gasteiger partial charge in [0.1, 0.15) is 5.75 Å². The number of carbonyl (C=O) groups excluding carboxylic acids is 1. The van der Waals surface area contributed by atoms with Gasteiger partial charge in [-0.25, -0.2) is 0 Å². The van der Waals surface area contributed by atoms with Gasteiger partial charge >= 0.3 is 0 Å². The lowest BCUT2D eigenvalue weighted by molar-refractivity contribution is -0.125. The van der Waals surface area contributed by atoms with Crippen molar-refractivity contribution in [3.05, 3.63) is 106 Å². The van der Waals surface area contributed by atoms with E-state index in [0.29, 0.717) is 24.7 Å². The molecule has 1 N–H and O–H groups in total. The van der Waals surface area contributed by atoms with Gasteiger partial charge in [0.05, 0.1) is 11.6 Å². The lowest BCUT2D eigenvalue weighted by atomic mass is 9.92. The fourth-order valence-electron chi connectivity index (χ4n) is 4.37. The number of ether oxygens (including phenoxy) is 1. The Kier molecular flexibility index (Phi) is 8.99. The first kappa shape index (κ1) is 25.0. The smallest absolute Gasteiger partial charge is 0.251 e. The molecule has 1 amide bonds. The summed E-state index contributed by atoms with van der Waals surface area (Å²) in [5.74, 6) is 0.845. The standard InChI is InChI=1S/C30H33ClN2O2/c1-33(20-18-23-8-3-2-4-9-23)30(34)27-22-32-19-17-26(27)25-15-13-24(14-16-25)10-7-21-35-29-12-6-5-11-28(29)31/h2-6,8-9,11-16,32H,7,10,17-22H2,1H3. The van der Waals surface area contributed by atoms with Gasteiger partial charge in [0.25, 0.3) is 5.91 Å². The van der Waals surface area contributed by atoms with Crippen LogP contribution in [-0.4, -0.2) is 44.1 Å². The summed E-state index contributed by atoms with van der Waals surface area (Å²) in [4.78, 5) is 15.1. The predicted molar refractivity (Wildman–Crippen MR) is 144 cm³/mol. The van der Waals surface area contributed by atoms with Crippen molar-refractivity contribution in [3.8, 4) is 5.75 Å². The van der Waals surface area contributed by atoms with E-state index >= 15 is 0 Å². The van der Waals surface area contributed by atoms with Crippen molar-refractivity contribution in [2.24, 2.45) is 0 Å². The van der Waals surface area contributed by atoms with Crippen LogP contribution in [0.4, 0.5) is 0 Å². The third-order valence-electron chi connectivity index (χ3n) is 6.41. The number of amides is 1. The Morgan fingerprint density at radius 1 is 0.943 bits per heavy atom. The summed E-state index contributed by atoms with van der Waals surface area (Å²) >= 11 is 6.15. The first-order valence-corrected chi connectivity index (χ1v) is 12.7. The molecule has 0 bridgehead atoms. The van der Waals surface area contributed by atoms with Gasteiger partial charge in [-0.2, -0.15) is 0 Å². The average Bonchev–Trinajstić information content (AvgIpc) is 2.91. The quantitative estimate of drug-likeness (QED) is 0.367. The third-order valence-corrected chi connectivity index (χ3v) is 6.72. The fourth-order valence-corrected chi connectivity index (χ4v) is 4.56. The zero-order chi connectivity index (χ0) is 24.5. The molecule has 0 saturated carbocycles. The molecule has 4 nitrogen and oxygen atoms in total. The van der Waals surface area contributed by atoms with Crippen LogP contribution in [0.25, 0.3) is 5.57 Å². The molecule has 3 aromatic rings. The maximum atomic E-state index is 13.3. The Bertz CT molecular complexity index is 1140. The molecule has 0 spiro atoms. The van der Waals surface area contributed by atoms with Gasteiger partial charge in [-0.05, 0) is 66.6 Å². The first-order chi connectivity index (χ1) is 17.1. The van der Waals surface area contributed by atoms with Gasteiger partial charge in [-0.15, -0.1) is 0 Å². The molecule has 0 atom stereocenters. The molecule has 0 saturated heterocycles. The average molecular weight is 489 g/mol. The van der Waals surface area contributed by atoms with E-state index in [1.54, 1.807) is 0 Å². The van der Waals surface area contributed by atoms with Crippen molar-refractivity contribution in [1.82, 2.24) is 10.2 Å². The van der Waals surface area contributed by atoms with Crippen LogP contribution in [0.5, 0.6) is 5.75 Å². The Hall–Kier alpha value is -3.08. The highest BCUT2D eigenvalue weighted by molar-refractivity contribution is 6.32. The lowest BCUT2D eigenvalue weighted by Crippen LogP contribution is -2.36. The number of benzene rings is 3. The van der Waals surface area contributed by atoms with E-state index < -0.39 is 0 Å². The van der Waals surface area contributed by atoms with Crippen LogP contribution < -0.4 is 10.1 Å². The Labute approximate surface area is 213 Å². The van der Waals surface area contributed by atoms with E-state index in [1.165, 1.54) is 11.1 Å². The van der Waals surface area contributed by atoms with Gasteiger partial charge in [0.15, 0.2) is 0 Å². The number of rotatable bonds is 10. The van der Waals surface area contributed by atoms with Crippen LogP contribution in [0.2, 0.25) is 5.02 Å². The summed E-state index contributed by atoms with van der Waals surface area (Å²) in [6, 6.07) is 26.5. The van der Waals surface area contributed by atoms with Crippen LogP contribution >= 0.6 is 11.6 Å². The van der Waals surface area contributed by atoms with E-state index in [0.717, 1.165) is 54.7 Å². The van der Waals surface area contributed by atoms with Crippen molar-refractivity contribution in [3.63, 3.8) is 0 Å². The maximum absolute atomic E-state index is 13.3. The largest absolute Gasteiger partial charge is 0.492 e. The summed E-state index contributed by atoms with van der Waals surface area (Å²) < 4.78 is 5.80. The van der Waals surface area contributed by atoms with Gasteiger partial charge in [-0.3, -0.25) is 4.79 Å². The number of hydrogen-bond acceptors (Lipinski definition) is 3. The van der Waals surface area contributed by atoms with E-state index in [1.807, 2.05) is 54.4 Å². The fraction of sp³-hybridized carbons (Fsp3) is 0.300. The number of carbonyl (C=O) groups is 1. The predicted octanol–water partition coefficient (Wildman–Crippen LogP) is 5.80. The van der Waals surface area contributed by atoms with Gasteiger partial charge in [0.2, 0.25) is 0 Å². The maximum Gasteiger partial charge on any atom is 0.251 e. The molecule has 1 aliphatic rings. The van der Waals surface area contributed by atoms with Crippen molar-refractivity contribution in [1.29, 1.82) is 0 Å². The number of nitrogens with zero attached hydrogens (tertiary/aromatic N) is 1. The van der Waals surface area contributed by atoms with Crippen LogP contribution in [0, 0.1) is 0 Å². The number of hydrogen-bond donors (Lipinski definition) is 1. The van der Waals surface area contributed by atoms with E-state index in [9.17, 15) is 4.79 Å². The van der Waals surface area contributed by atoms with E-state index in [2.05, 4.69) is 41.7 Å². The molecule has 5 heteroatoms. The molecule has 0 aliphatic carbocycles. The molecular formula is C30H33ClN2O2. The second-order valence-corrected chi connectivity index (χ2v) is 9.33. The number of halogens is 1. The third kappa shape index (κ3) is 6.97. The molecule has 0 fully saturated rings. The number of likely N-dealkylation sites (N-methyl/N-ethyl adjacent to an activating group) is 1. The highest BCUT2D eigenvalue weighted by Crippen LogP contribution is 2.27. The van der Waals surface area contributed by atoms with Crippen molar-refractivity contribution >= 4 is 23.1 Å². The van der Waals surface area contributed by atoms with Crippen molar-refractivity contribution < 1.29 is 9.53 Å². The molecule has 182 valence electrons. The minimum atomic E-state index is 0.115. The molecule has 1 heterocycles. The second-order valence-electron chi connectivity index (χ2n) is 8.93. The summed E-state index contributed by atoms with van der Waals surface area (Å²) in [6.07, 6.45) is 3.55. The molecule has 1 aliphatic heterocycles. The van der Waals surface area contributed by atoms with Crippen LogP contribution in [0.3, 0.4) is 0 Å². The minimum absolute atomic E-state index is 0.115. The molecule has 35 heavy (non-hydrogen) atoms. The van der Waals surface area contributed by atoms with E-state index in [4.69, 9.17) is 16.3 Å². The molecule has 3 aromatic carbocycles. The zero-order valence-electron chi connectivity index (χ0n) is 20.3. The van der Waals surface area contributed by atoms with Crippen LogP contribution in [0.15, 0.2) is 84.4 Å². The molecular weight excluding hydrogens is 456 g/mol. The lowest BCUT2D eigenvalue weighted by Gasteiger charge is -2.25. The monoisotopic (exact) mass is 488 g/mol. The Balaban J connectivity index is 1.35. The molecule has 0 radical (unpaired) electrons. The van der Waals surface area contributed by atoms with Gasteiger partial charge < -0.3 is 15.0 Å². The van der Waals surface area contributed by atoms with Crippen LogP contribution in [-0.2, 0) is 17.6 Å². The highest BCUT2D eigenvalue weighted by atomic mass is 35.5. The zero-order valence-corrected chi connectivity index (χ0v) is 21.1. The highest BCUT2D eigenvalue weighted by Gasteiger charge is 2.22. The molecule has 0 unspecified atom stereocenters. The number of nitrogens with one attached hydrogen (secondary N) is 1. The van der Waals surface area contributed by atoms with Gasteiger partial charge in [0, 0.05) is 25.7 Å². The number of aryl methyl sites for hydroxylation is 1. The van der Waals surface area contributed by atoms with Crippen molar-refractivity contribution in [2.45, 2.75) is 25.7 Å². The summed E-state index contributed by atoms with van der Waals surface area (Å²) in [7, 11) is 1.90. The van der Waals surface area contributed by atoms with Crippen LogP contribution in [0.1, 0.15) is 29.5 Å². The summed E-state index contributed by atoms with van der Waals surface area (Å²) in [6.45, 7) is 2.83. The number of para-hydroxylation sites is 1. The topological polar surface area (TPSA) is 41.6 Å².